The molecule has 0 unspecified atom stereocenters. The van der Waals surface area contributed by atoms with Crippen LogP contribution in [0, 0.1) is 17.0 Å². The molecule has 0 saturated carbocycles. The molecular formula is C15H17N3O3S. The van der Waals surface area contributed by atoms with Gasteiger partial charge in [-0.25, -0.2) is 4.98 Å². The second kappa shape index (κ2) is 6.23. The lowest BCUT2D eigenvalue weighted by Crippen LogP contribution is -2.43. The van der Waals surface area contributed by atoms with Crippen molar-refractivity contribution in [2.24, 2.45) is 0 Å². The standard InChI is InChI=1S/C15H17N3O3S/c1-4-15(3,14-16-8-9-22-14)17-13(19)11-6-5-7-12(10(11)2)18(20)21/h5-9H,4H2,1-3H3,(H,17,19)/t15-/m1/s1. The highest BCUT2D eigenvalue weighted by atomic mass is 32.1. The molecule has 6 nitrogen and oxygen atoms in total. The molecule has 1 atom stereocenters. The lowest BCUT2D eigenvalue weighted by Gasteiger charge is -2.27. The van der Waals surface area contributed by atoms with Crippen molar-refractivity contribution in [1.29, 1.82) is 0 Å². The van der Waals surface area contributed by atoms with E-state index in [2.05, 4.69) is 10.3 Å². The number of hydrogen-bond donors (Lipinski definition) is 1. The summed E-state index contributed by atoms with van der Waals surface area (Å²) >= 11 is 1.47. The van der Waals surface area contributed by atoms with E-state index in [1.807, 2.05) is 19.2 Å². The smallest absolute Gasteiger partial charge is 0.273 e. The summed E-state index contributed by atoms with van der Waals surface area (Å²) in [6.07, 6.45) is 2.36. The molecule has 1 heterocycles. The quantitative estimate of drug-likeness (QED) is 0.676. The summed E-state index contributed by atoms with van der Waals surface area (Å²) in [5.74, 6) is -0.333. The van der Waals surface area contributed by atoms with E-state index in [1.165, 1.54) is 23.5 Å². The Morgan fingerprint density at radius 1 is 1.50 bits per heavy atom. The van der Waals surface area contributed by atoms with Crippen molar-refractivity contribution in [3.8, 4) is 0 Å². The molecule has 1 aromatic heterocycles. The minimum absolute atomic E-state index is 0.0555. The van der Waals surface area contributed by atoms with Crippen molar-refractivity contribution in [3.05, 3.63) is 56.0 Å². The first-order valence-electron chi connectivity index (χ1n) is 6.85. The highest BCUT2D eigenvalue weighted by Gasteiger charge is 2.30. The minimum Gasteiger partial charge on any atom is -0.340 e. The summed E-state index contributed by atoms with van der Waals surface area (Å²) in [5.41, 5.74) is 0.0237. The van der Waals surface area contributed by atoms with E-state index in [-0.39, 0.29) is 11.6 Å². The van der Waals surface area contributed by atoms with Crippen LogP contribution in [0.15, 0.2) is 29.8 Å². The van der Waals surface area contributed by atoms with Gasteiger partial charge < -0.3 is 5.32 Å². The molecule has 1 amide bonds. The Labute approximate surface area is 132 Å². The van der Waals surface area contributed by atoms with Crippen LogP contribution in [0.3, 0.4) is 0 Å². The van der Waals surface area contributed by atoms with E-state index in [4.69, 9.17) is 0 Å². The maximum absolute atomic E-state index is 12.6. The van der Waals surface area contributed by atoms with Crippen LogP contribution in [0.2, 0.25) is 0 Å². The van der Waals surface area contributed by atoms with Crippen molar-refractivity contribution in [2.75, 3.05) is 0 Å². The Morgan fingerprint density at radius 3 is 2.77 bits per heavy atom. The van der Waals surface area contributed by atoms with Crippen LogP contribution in [0.4, 0.5) is 5.69 Å². The van der Waals surface area contributed by atoms with E-state index in [0.29, 0.717) is 17.5 Å². The van der Waals surface area contributed by atoms with Crippen molar-refractivity contribution < 1.29 is 9.72 Å². The Balaban J connectivity index is 2.33. The highest BCUT2D eigenvalue weighted by molar-refractivity contribution is 7.09. The fourth-order valence-electron chi connectivity index (χ4n) is 2.17. The van der Waals surface area contributed by atoms with E-state index in [0.717, 1.165) is 5.01 Å². The third-order valence-corrected chi connectivity index (χ3v) is 4.78. The highest BCUT2D eigenvalue weighted by Crippen LogP contribution is 2.28. The van der Waals surface area contributed by atoms with Crippen LogP contribution >= 0.6 is 11.3 Å². The average Bonchev–Trinajstić information content (AvgIpc) is 3.01. The molecule has 0 bridgehead atoms. The van der Waals surface area contributed by atoms with Crippen molar-refractivity contribution in [1.82, 2.24) is 10.3 Å². The van der Waals surface area contributed by atoms with Crippen molar-refractivity contribution in [3.63, 3.8) is 0 Å². The zero-order valence-electron chi connectivity index (χ0n) is 12.6. The summed E-state index contributed by atoms with van der Waals surface area (Å²) in [5, 5.41) is 16.6. The van der Waals surface area contributed by atoms with Crippen LogP contribution in [0.1, 0.15) is 41.2 Å². The summed E-state index contributed by atoms with van der Waals surface area (Å²) in [6.45, 7) is 5.44. The van der Waals surface area contributed by atoms with Gasteiger partial charge in [-0.15, -0.1) is 11.3 Å². The van der Waals surface area contributed by atoms with Gasteiger partial charge in [0.2, 0.25) is 0 Å². The number of nitro benzene ring substituents is 1. The van der Waals surface area contributed by atoms with Crippen molar-refractivity contribution in [2.45, 2.75) is 32.7 Å². The van der Waals surface area contributed by atoms with Gasteiger partial charge in [-0.05, 0) is 26.3 Å². The van der Waals surface area contributed by atoms with Gasteiger partial charge in [0.1, 0.15) is 5.01 Å². The number of hydrogen-bond acceptors (Lipinski definition) is 5. The topological polar surface area (TPSA) is 85.1 Å². The first-order chi connectivity index (χ1) is 10.4. The number of rotatable bonds is 5. The van der Waals surface area contributed by atoms with Crippen LogP contribution in [0.25, 0.3) is 0 Å². The van der Waals surface area contributed by atoms with Crippen LogP contribution in [0.5, 0.6) is 0 Å². The fraction of sp³-hybridized carbons (Fsp3) is 0.333. The second-order valence-corrected chi connectivity index (χ2v) is 6.08. The van der Waals surface area contributed by atoms with Gasteiger partial charge in [-0.2, -0.15) is 0 Å². The number of nitro groups is 1. The number of aromatic nitrogens is 1. The Bertz CT molecular complexity index is 700. The van der Waals surface area contributed by atoms with Crippen LogP contribution < -0.4 is 5.32 Å². The van der Waals surface area contributed by atoms with Gasteiger partial charge in [0.15, 0.2) is 0 Å². The van der Waals surface area contributed by atoms with Gasteiger partial charge in [0.05, 0.1) is 10.5 Å². The third kappa shape index (κ3) is 2.99. The summed E-state index contributed by atoms with van der Waals surface area (Å²) in [7, 11) is 0. The molecule has 0 radical (unpaired) electrons. The molecule has 1 aromatic carbocycles. The number of carbonyl (C=O) groups is 1. The number of thiazole rings is 1. The predicted molar refractivity (Wildman–Crippen MR) is 85.1 cm³/mol. The number of benzene rings is 1. The largest absolute Gasteiger partial charge is 0.340 e. The van der Waals surface area contributed by atoms with Gasteiger partial charge >= 0.3 is 0 Å². The van der Waals surface area contributed by atoms with Gasteiger partial charge in [0.25, 0.3) is 11.6 Å². The zero-order valence-corrected chi connectivity index (χ0v) is 13.4. The maximum Gasteiger partial charge on any atom is 0.273 e. The molecular weight excluding hydrogens is 302 g/mol. The van der Waals surface area contributed by atoms with Crippen LogP contribution in [-0.2, 0) is 5.54 Å². The molecule has 0 aliphatic carbocycles. The minimum atomic E-state index is -0.595. The van der Waals surface area contributed by atoms with Crippen LogP contribution in [-0.4, -0.2) is 15.8 Å². The maximum atomic E-state index is 12.6. The zero-order chi connectivity index (χ0) is 16.3. The van der Waals surface area contributed by atoms with Gasteiger partial charge in [0, 0.05) is 28.8 Å². The molecule has 2 aromatic rings. The molecule has 1 N–H and O–H groups in total. The molecule has 0 aliphatic rings. The molecule has 0 aliphatic heterocycles. The lowest BCUT2D eigenvalue weighted by atomic mass is 9.98. The molecule has 7 heteroatoms. The van der Waals surface area contributed by atoms with Crippen molar-refractivity contribution >= 4 is 22.9 Å². The SMILES string of the molecule is CC[C@@](C)(NC(=O)c1cccc([N+](=O)[O-])c1C)c1nccs1. The van der Waals surface area contributed by atoms with E-state index in [9.17, 15) is 14.9 Å². The van der Waals surface area contributed by atoms with E-state index in [1.54, 1.807) is 19.2 Å². The summed E-state index contributed by atoms with van der Waals surface area (Å²) in [6, 6.07) is 4.51. The first kappa shape index (κ1) is 16.1. The number of nitrogens with one attached hydrogen (secondary N) is 1. The molecule has 22 heavy (non-hydrogen) atoms. The van der Waals surface area contributed by atoms with E-state index >= 15 is 0 Å². The number of nitrogens with zero attached hydrogens (tertiary/aromatic N) is 2. The summed E-state index contributed by atoms with van der Waals surface area (Å²) < 4.78 is 0. The predicted octanol–water partition coefficient (Wildman–Crippen LogP) is 3.41. The molecule has 0 spiro atoms. The first-order valence-corrected chi connectivity index (χ1v) is 7.73. The second-order valence-electron chi connectivity index (χ2n) is 5.18. The molecule has 2 rings (SSSR count). The summed E-state index contributed by atoms with van der Waals surface area (Å²) in [4.78, 5) is 27.3. The number of carbonyl (C=O) groups excluding carboxylic acids is 1. The molecule has 116 valence electrons. The Kier molecular flexibility index (Phi) is 4.56. The lowest BCUT2D eigenvalue weighted by molar-refractivity contribution is -0.385. The molecule has 0 fully saturated rings. The monoisotopic (exact) mass is 319 g/mol. The molecule has 0 saturated heterocycles. The van der Waals surface area contributed by atoms with Gasteiger partial charge in [-0.1, -0.05) is 13.0 Å². The van der Waals surface area contributed by atoms with E-state index < -0.39 is 10.5 Å². The Hall–Kier alpha value is -2.28. The van der Waals surface area contributed by atoms with Gasteiger partial charge in [-0.3, -0.25) is 14.9 Å². The normalized spacial score (nSPS) is 13.4. The fourth-order valence-corrected chi connectivity index (χ4v) is 3.00. The number of amides is 1. The average molecular weight is 319 g/mol. The third-order valence-electron chi connectivity index (χ3n) is 3.75. The Morgan fingerprint density at radius 2 is 2.23 bits per heavy atom.